The maximum Gasteiger partial charge on any atom is 0.173 e. The fourth-order valence-electron chi connectivity index (χ4n) is 2.02. The van der Waals surface area contributed by atoms with Crippen LogP contribution in [0.3, 0.4) is 0 Å². The number of thiocarbonyl (C=S) groups is 1. The Kier molecular flexibility index (Phi) is 5.28. The summed E-state index contributed by atoms with van der Waals surface area (Å²) in [6, 6.07) is 14.7. The van der Waals surface area contributed by atoms with Crippen molar-refractivity contribution < 1.29 is 4.39 Å². The minimum atomic E-state index is -0.224. The first-order valence-corrected chi connectivity index (χ1v) is 7.35. The van der Waals surface area contributed by atoms with Crippen molar-refractivity contribution in [2.24, 2.45) is 0 Å². The van der Waals surface area contributed by atoms with Gasteiger partial charge in [-0.1, -0.05) is 31.2 Å². The van der Waals surface area contributed by atoms with Gasteiger partial charge in [-0.25, -0.2) is 4.39 Å². The second-order valence-electron chi connectivity index (χ2n) is 4.97. The molecule has 0 atom stereocenters. The van der Waals surface area contributed by atoms with Crippen LogP contribution in [0.5, 0.6) is 0 Å². The molecule has 0 unspecified atom stereocenters. The SMILES string of the molecule is CCc1cccc(NC(=S)N(C)Cc2ccc(F)cc2)c1. The Labute approximate surface area is 130 Å². The van der Waals surface area contributed by atoms with Crippen molar-refractivity contribution in [2.45, 2.75) is 19.9 Å². The van der Waals surface area contributed by atoms with Gasteiger partial charge in [-0.3, -0.25) is 0 Å². The van der Waals surface area contributed by atoms with Crippen molar-refractivity contribution in [1.29, 1.82) is 0 Å². The molecular formula is C17H19FN2S. The number of aryl methyl sites for hydroxylation is 1. The third kappa shape index (κ3) is 4.53. The van der Waals surface area contributed by atoms with Crippen LogP contribution in [-0.2, 0) is 13.0 Å². The van der Waals surface area contributed by atoms with Crippen molar-refractivity contribution in [3.63, 3.8) is 0 Å². The molecule has 2 rings (SSSR count). The van der Waals surface area contributed by atoms with Crippen molar-refractivity contribution in [1.82, 2.24) is 4.90 Å². The van der Waals surface area contributed by atoms with E-state index in [2.05, 4.69) is 24.4 Å². The van der Waals surface area contributed by atoms with E-state index >= 15 is 0 Å². The molecule has 0 saturated carbocycles. The standard InChI is InChI=1S/C17H19FN2S/c1-3-13-5-4-6-16(11-13)19-17(21)20(2)12-14-7-9-15(18)10-8-14/h4-11H,3,12H2,1-2H3,(H,19,21). The summed E-state index contributed by atoms with van der Waals surface area (Å²) in [4.78, 5) is 1.93. The third-order valence-corrected chi connectivity index (χ3v) is 3.68. The van der Waals surface area contributed by atoms with Gasteiger partial charge >= 0.3 is 0 Å². The highest BCUT2D eigenvalue weighted by Crippen LogP contribution is 2.13. The number of halogens is 1. The second kappa shape index (κ2) is 7.18. The van der Waals surface area contributed by atoms with Crippen LogP contribution in [0, 0.1) is 5.82 Å². The molecule has 0 heterocycles. The van der Waals surface area contributed by atoms with Gasteiger partial charge in [0.25, 0.3) is 0 Å². The van der Waals surface area contributed by atoms with Gasteiger partial charge in [-0.05, 0) is 54.0 Å². The summed E-state index contributed by atoms with van der Waals surface area (Å²) in [5.41, 5.74) is 3.28. The van der Waals surface area contributed by atoms with Crippen LogP contribution >= 0.6 is 12.2 Å². The van der Waals surface area contributed by atoms with E-state index in [4.69, 9.17) is 12.2 Å². The van der Waals surface area contributed by atoms with Crippen molar-refractivity contribution in [2.75, 3.05) is 12.4 Å². The van der Waals surface area contributed by atoms with Gasteiger partial charge < -0.3 is 10.2 Å². The number of hydrogen-bond donors (Lipinski definition) is 1. The zero-order valence-corrected chi connectivity index (χ0v) is 13.1. The predicted octanol–water partition coefficient (Wildman–Crippen LogP) is 4.22. The number of nitrogens with zero attached hydrogens (tertiary/aromatic N) is 1. The molecule has 2 nitrogen and oxygen atoms in total. The van der Waals surface area contributed by atoms with Crippen LogP contribution in [0.4, 0.5) is 10.1 Å². The fraction of sp³-hybridized carbons (Fsp3) is 0.235. The van der Waals surface area contributed by atoms with E-state index in [0.29, 0.717) is 11.7 Å². The summed E-state index contributed by atoms with van der Waals surface area (Å²) in [5, 5.41) is 3.88. The summed E-state index contributed by atoms with van der Waals surface area (Å²) in [7, 11) is 1.92. The molecule has 1 N–H and O–H groups in total. The molecular weight excluding hydrogens is 283 g/mol. The Balaban J connectivity index is 1.97. The fourth-order valence-corrected chi connectivity index (χ4v) is 2.21. The number of benzene rings is 2. The van der Waals surface area contributed by atoms with Crippen LogP contribution in [-0.4, -0.2) is 17.1 Å². The molecule has 110 valence electrons. The summed E-state index contributed by atoms with van der Waals surface area (Å²) < 4.78 is 12.9. The molecule has 4 heteroatoms. The van der Waals surface area contributed by atoms with Crippen LogP contribution in [0.15, 0.2) is 48.5 Å². The lowest BCUT2D eigenvalue weighted by Gasteiger charge is -2.21. The highest BCUT2D eigenvalue weighted by atomic mass is 32.1. The van der Waals surface area contributed by atoms with Gasteiger partial charge in [0, 0.05) is 19.3 Å². The average Bonchev–Trinajstić information content (AvgIpc) is 2.49. The average molecular weight is 302 g/mol. The molecule has 2 aromatic rings. The highest BCUT2D eigenvalue weighted by Gasteiger charge is 2.06. The van der Waals surface area contributed by atoms with E-state index in [9.17, 15) is 4.39 Å². The number of anilines is 1. The first kappa shape index (κ1) is 15.4. The molecule has 0 aromatic heterocycles. The minimum Gasteiger partial charge on any atom is -0.348 e. The largest absolute Gasteiger partial charge is 0.348 e. The van der Waals surface area contributed by atoms with Gasteiger partial charge in [0.1, 0.15) is 5.82 Å². The Hall–Kier alpha value is -1.94. The summed E-state index contributed by atoms with van der Waals surface area (Å²) >= 11 is 5.40. The molecule has 0 radical (unpaired) electrons. The Morgan fingerprint density at radius 1 is 1.14 bits per heavy atom. The minimum absolute atomic E-state index is 0.224. The van der Waals surface area contributed by atoms with Crippen LogP contribution < -0.4 is 5.32 Å². The first-order valence-electron chi connectivity index (χ1n) is 6.94. The van der Waals surface area contributed by atoms with Crippen molar-refractivity contribution in [3.05, 3.63) is 65.5 Å². The maximum absolute atomic E-state index is 12.9. The lowest BCUT2D eigenvalue weighted by Crippen LogP contribution is -2.30. The zero-order valence-electron chi connectivity index (χ0n) is 12.3. The molecule has 0 fully saturated rings. The van der Waals surface area contributed by atoms with Crippen LogP contribution in [0.1, 0.15) is 18.1 Å². The molecule has 0 bridgehead atoms. The van der Waals surface area contributed by atoms with Gasteiger partial charge in [0.05, 0.1) is 0 Å². The first-order chi connectivity index (χ1) is 10.1. The molecule has 2 aromatic carbocycles. The Morgan fingerprint density at radius 3 is 2.52 bits per heavy atom. The predicted molar refractivity (Wildman–Crippen MR) is 89.9 cm³/mol. The third-order valence-electron chi connectivity index (χ3n) is 3.27. The number of nitrogens with one attached hydrogen (secondary N) is 1. The van der Waals surface area contributed by atoms with E-state index in [1.165, 1.54) is 17.7 Å². The number of rotatable bonds is 4. The quantitative estimate of drug-likeness (QED) is 0.851. The summed E-state index contributed by atoms with van der Waals surface area (Å²) in [5.74, 6) is -0.224. The van der Waals surface area contributed by atoms with Crippen molar-refractivity contribution in [3.8, 4) is 0 Å². The summed E-state index contributed by atoms with van der Waals surface area (Å²) in [6.45, 7) is 2.76. The smallest absolute Gasteiger partial charge is 0.173 e. The molecule has 0 aliphatic heterocycles. The topological polar surface area (TPSA) is 15.3 Å². The maximum atomic E-state index is 12.9. The molecule has 0 spiro atoms. The normalized spacial score (nSPS) is 10.2. The molecule has 0 amide bonds. The Bertz CT molecular complexity index is 610. The molecule has 0 saturated heterocycles. The lowest BCUT2D eigenvalue weighted by molar-refractivity contribution is 0.507. The van der Waals surface area contributed by atoms with Crippen LogP contribution in [0.25, 0.3) is 0 Å². The van der Waals surface area contributed by atoms with E-state index < -0.39 is 0 Å². The monoisotopic (exact) mass is 302 g/mol. The molecule has 21 heavy (non-hydrogen) atoms. The van der Waals surface area contributed by atoms with E-state index in [0.717, 1.165) is 17.7 Å². The molecule has 0 aliphatic carbocycles. The van der Waals surface area contributed by atoms with Gasteiger partial charge in [0.2, 0.25) is 0 Å². The lowest BCUT2D eigenvalue weighted by atomic mass is 10.1. The van der Waals surface area contributed by atoms with Gasteiger partial charge in [0.15, 0.2) is 5.11 Å². The van der Waals surface area contributed by atoms with E-state index in [1.54, 1.807) is 12.1 Å². The van der Waals surface area contributed by atoms with Gasteiger partial charge in [-0.15, -0.1) is 0 Å². The van der Waals surface area contributed by atoms with Gasteiger partial charge in [-0.2, -0.15) is 0 Å². The van der Waals surface area contributed by atoms with E-state index in [1.807, 2.05) is 24.1 Å². The Morgan fingerprint density at radius 2 is 1.86 bits per heavy atom. The zero-order chi connectivity index (χ0) is 15.2. The van der Waals surface area contributed by atoms with Crippen LogP contribution in [0.2, 0.25) is 0 Å². The molecule has 0 aliphatic rings. The van der Waals surface area contributed by atoms with Crippen molar-refractivity contribution >= 4 is 23.0 Å². The van der Waals surface area contributed by atoms with E-state index in [-0.39, 0.29) is 5.82 Å². The summed E-state index contributed by atoms with van der Waals surface area (Å²) in [6.07, 6.45) is 0.994. The number of hydrogen-bond acceptors (Lipinski definition) is 1. The second-order valence-corrected chi connectivity index (χ2v) is 5.35. The highest BCUT2D eigenvalue weighted by molar-refractivity contribution is 7.80.